The number of allylic oxidation sites excluding steroid dienone is 2. The Hall–Kier alpha value is -2.89. The number of hydrogen-bond acceptors (Lipinski definition) is 2. The predicted octanol–water partition coefficient (Wildman–Crippen LogP) is 9.59. The quantitative estimate of drug-likeness (QED) is 0.258. The van der Waals surface area contributed by atoms with E-state index in [9.17, 15) is 4.39 Å². The fourth-order valence-electron chi connectivity index (χ4n) is 11.9. The summed E-state index contributed by atoms with van der Waals surface area (Å²) in [5.74, 6) is 1.97. The topological polar surface area (TPSA) is 39.4 Å². The van der Waals surface area contributed by atoms with E-state index in [2.05, 4.69) is 17.1 Å². The van der Waals surface area contributed by atoms with Crippen molar-refractivity contribution in [2.75, 3.05) is 0 Å². The second kappa shape index (κ2) is 11.9. The van der Waals surface area contributed by atoms with Crippen molar-refractivity contribution in [1.82, 2.24) is 9.97 Å². The molecule has 3 nitrogen and oxygen atoms in total. The van der Waals surface area contributed by atoms with Gasteiger partial charge in [-0.25, -0.2) is 13.2 Å². The first kappa shape index (κ1) is 31.4. The first-order valence-corrected chi connectivity index (χ1v) is 17.5. The molecule has 0 unspecified atom stereocenters. The minimum Gasteiger partial charge on any atom is -0.660 e. The smallest absolute Gasteiger partial charge is 0.136 e. The first-order valence-electron chi connectivity index (χ1n) is 17.5. The summed E-state index contributed by atoms with van der Waals surface area (Å²) < 4.78 is 44.8. The Morgan fingerprint density at radius 3 is 1.64 bits per heavy atom. The maximum absolute atomic E-state index is 15.4. The van der Waals surface area contributed by atoms with Crippen LogP contribution in [0.25, 0.3) is 5.57 Å². The average Bonchev–Trinajstić information content (AvgIpc) is 3.71. The van der Waals surface area contributed by atoms with E-state index >= 15 is 8.78 Å². The van der Waals surface area contributed by atoms with Gasteiger partial charge in [-0.05, 0) is 148 Å². The van der Waals surface area contributed by atoms with E-state index in [1.165, 1.54) is 77.0 Å². The summed E-state index contributed by atoms with van der Waals surface area (Å²) in [6, 6.07) is 11.3. The molecule has 8 saturated carbocycles. The van der Waals surface area contributed by atoms with Crippen LogP contribution >= 0.6 is 0 Å². The Bertz CT molecular complexity index is 1630. The molecular formula is C40H41F3FeN3-. The standard InChI is InChI=1S/C35H36F3N2.C5H5N.Fe/c36-25-11-26(37)32(27(38)12-25)33(28-1-3-30(39-28)34-13-19-5-20(14-34)7-21(6-19)15-34)29-2-4-31(40-29)35-16-22-8-23(17-35)10-24(9-22)18-35;1-2-4-6-5-3-1;/h1-4,11-12,19-24H,5-10,13-18H2;1-5H;/q-1;;/b33-28+;;. The Labute approximate surface area is 286 Å². The van der Waals surface area contributed by atoms with Gasteiger partial charge in [0.1, 0.15) is 17.5 Å². The molecule has 1 aromatic carbocycles. The summed E-state index contributed by atoms with van der Waals surface area (Å²) in [5.41, 5.74) is 3.60. The number of rotatable bonds is 4. The molecule has 8 aliphatic carbocycles. The molecule has 8 fully saturated rings. The molecule has 7 heteroatoms. The van der Waals surface area contributed by atoms with Crippen molar-refractivity contribution >= 4 is 11.3 Å². The molecule has 0 radical (unpaired) electrons. The van der Waals surface area contributed by atoms with Gasteiger partial charge in [0.15, 0.2) is 0 Å². The Balaban J connectivity index is 0.000000420. The minimum atomic E-state index is -0.910. The molecule has 9 aliphatic rings. The van der Waals surface area contributed by atoms with E-state index < -0.39 is 17.5 Å². The fraction of sp³-hybridized carbons (Fsp3) is 0.500. The van der Waals surface area contributed by atoms with E-state index in [-0.39, 0.29) is 33.5 Å². The van der Waals surface area contributed by atoms with Crippen molar-refractivity contribution in [3.8, 4) is 0 Å². The number of hydrogen-bond donors (Lipinski definition) is 0. The van der Waals surface area contributed by atoms with Crippen LogP contribution in [0.2, 0.25) is 0 Å². The summed E-state index contributed by atoms with van der Waals surface area (Å²) in [6.45, 7) is 0. The normalized spacial score (nSPS) is 36.5. The second-order valence-corrected chi connectivity index (χ2v) is 16.0. The SMILES string of the molecule is Fc1cc(F)c(/C(=C2\C=CC(C34CC5CC(CC(C5)C3)C4)=N2)c2ccc(C34CC5CC(CC(C5)C3)C4)[n-]2)c(F)c1.[Fe].c1ccncc1. The zero-order chi connectivity index (χ0) is 31.0. The molecule has 246 valence electrons. The third-order valence-electron chi connectivity index (χ3n) is 12.8. The van der Waals surface area contributed by atoms with E-state index in [1.54, 1.807) is 12.4 Å². The third-order valence-corrected chi connectivity index (χ3v) is 12.8. The van der Waals surface area contributed by atoms with Crippen LogP contribution in [0.15, 0.2) is 77.7 Å². The molecule has 0 N–H and O–H groups in total. The molecule has 0 amide bonds. The summed E-state index contributed by atoms with van der Waals surface area (Å²) in [5, 5.41) is 0. The molecule has 2 aromatic heterocycles. The van der Waals surface area contributed by atoms with Crippen molar-refractivity contribution < 1.29 is 30.2 Å². The van der Waals surface area contributed by atoms with Gasteiger partial charge in [-0.3, -0.25) is 9.98 Å². The van der Waals surface area contributed by atoms with Crippen LogP contribution in [-0.2, 0) is 22.5 Å². The summed E-state index contributed by atoms with van der Waals surface area (Å²) in [4.78, 5) is 14.1. The first-order chi connectivity index (χ1) is 22.3. The van der Waals surface area contributed by atoms with Gasteiger partial charge in [0.05, 0.1) is 11.3 Å². The molecule has 3 aromatic rings. The number of halogens is 3. The van der Waals surface area contributed by atoms with Gasteiger partial charge in [0.25, 0.3) is 0 Å². The maximum Gasteiger partial charge on any atom is 0.136 e. The summed E-state index contributed by atoms with van der Waals surface area (Å²) in [7, 11) is 0. The van der Waals surface area contributed by atoms with Crippen molar-refractivity contribution in [1.29, 1.82) is 0 Å². The fourth-order valence-corrected chi connectivity index (χ4v) is 11.9. The van der Waals surface area contributed by atoms with Crippen molar-refractivity contribution in [3.63, 3.8) is 0 Å². The van der Waals surface area contributed by atoms with Gasteiger partial charge in [-0.1, -0.05) is 18.2 Å². The van der Waals surface area contributed by atoms with Crippen LogP contribution in [0.3, 0.4) is 0 Å². The third kappa shape index (κ3) is 5.50. The number of benzene rings is 1. The van der Waals surface area contributed by atoms with Crippen LogP contribution in [0.4, 0.5) is 13.2 Å². The number of nitrogens with zero attached hydrogens (tertiary/aromatic N) is 3. The Morgan fingerprint density at radius 1 is 0.660 bits per heavy atom. The van der Waals surface area contributed by atoms with Gasteiger partial charge in [0, 0.05) is 52.7 Å². The number of aliphatic imine (C=N–C) groups is 1. The second-order valence-electron chi connectivity index (χ2n) is 16.0. The maximum atomic E-state index is 15.4. The number of aromatic nitrogens is 2. The molecule has 3 heterocycles. The van der Waals surface area contributed by atoms with Gasteiger partial charge in [-0.2, -0.15) is 5.69 Å². The van der Waals surface area contributed by atoms with Crippen molar-refractivity contribution in [2.45, 2.75) is 82.5 Å². The summed E-state index contributed by atoms with van der Waals surface area (Å²) in [6.07, 6.45) is 22.7. The van der Waals surface area contributed by atoms with Crippen LogP contribution < -0.4 is 4.98 Å². The van der Waals surface area contributed by atoms with E-state index in [1.807, 2.05) is 30.3 Å². The molecule has 47 heavy (non-hydrogen) atoms. The van der Waals surface area contributed by atoms with Gasteiger partial charge in [-0.15, -0.1) is 5.69 Å². The predicted molar refractivity (Wildman–Crippen MR) is 173 cm³/mol. The Kier molecular flexibility index (Phi) is 7.95. The molecule has 0 spiro atoms. The minimum absolute atomic E-state index is 0. The van der Waals surface area contributed by atoms with Crippen LogP contribution in [-0.4, -0.2) is 10.7 Å². The summed E-state index contributed by atoms with van der Waals surface area (Å²) >= 11 is 0. The van der Waals surface area contributed by atoms with E-state index in [4.69, 9.17) is 9.98 Å². The van der Waals surface area contributed by atoms with E-state index in [0.29, 0.717) is 17.0 Å². The van der Waals surface area contributed by atoms with Crippen LogP contribution in [0.5, 0.6) is 0 Å². The monoisotopic (exact) mass is 676 g/mol. The van der Waals surface area contributed by atoms with Gasteiger partial charge >= 0.3 is 0 Å². The zero-order valence-corrected chi connectivity index (χ0v) is 27.7. The molecule has 8 bridgehead atoms. The van der Waals surface area contributed by atoms with Crippen LogP contribution in [0, 0.1) is 58.4 Å². The van der Waals surface area contributed by atoms with E-state index in [0.717, 1.165) is 59.0 Å². The number of pyridine rings is 1. The van der Waals surface area contributed by atoms with Gasteiger partial charge in [0.2, 0.25) is 0 Å². The van der Waals surface area contributed by atoms with Crippen LogP contribution in [0.1, 0.15) is 94.0 Å². The van der Waals surface area contributed by atoms with Gasteiger partial charge < -0.3 is 4.98 Å². The molecule has 0 atom stereocenters. The molecule has 0 saturated heterocycles. The average molecular weight is 677 g/mol. The van der Waals surface area contributed by atoms with Crippen molar-refractivity contribution in [2.24, 2.45) is 45.9 Å². The molecule has 1 aliphatic heterocycles. The molecular weight excluding hydrogens is 635 g/mol. The molecule has 12 rings (SSSR count). The zero-order valence-electron chi connectivity index (χ0n) is 26.6. The largest absolute Gasteiger partial charge is 0.660 e. The van der Waals surface area contributed by atoms with Crippen molar-refractivity contribution in [3.05, 3.63) is 107 Å². The Morgan fingerprint density at radius 2 is 1.17 bits per heavy atom.